The van der Waals surface area contributed by atoms with Gasteiger partial charge >= 0.3 is 0 Å². The van der Waals surface area contributed by atoms with Gasteiger partial charge in [0, 0.05) is 0 Å². The van der Waals surface area contributed by atoms with E-state index in [1.54, 1.807) is 0 Å². The van der Waals surface area contributed by atoms with E-state index in [-0.39, 0.29) is 35.1 Å². The van der Waals surface area contributed by atoms with Crippen molar-refractivity contribution >= 4 is 0 Å². The van der Waals surface area contributed by atoms with Crippen molar-refractivity contribution in [3.05, 3.63) is 90.5 Å². The van der Waals surface area contributed by atoms with E-state index >= 15 is 0 Å². The molecule has 3 rings (SSSR count). The van der Waals surface area contributed by atoms with E-state index in [0.717, 1.165) is 0 Å². The average molecular weight is 432 g/mol. The lowest BCUT2D eigenvalue weighted by Crippen LogP contribution is -3.00. The molecule has 1 heterocycles. The first-order chi connectivity index (χ1) is 10.9. The summed E-state index contributed by atoms with van der Waals surface area (Å²) >= 11 is 0. The summed E-state index contributed by atoms with van der Waals surface area (Å²) in [6.07, 6.45) is 6.54. The van der Waals surface area contributed by atoms with Gasteiger partial charge in [0.15, 0.2) is 0 Å². The number of aromatic nitrogens is 2. The number of benzene rings is 2. The average Bonchev–Trinajstić information content (AvgIpc) is 3.08. The molecule has 3 aromatic rings. The quantitative estimate of drug-likeness (QED) is 0.435. The molecular formula is C21H25IN2. The number of nitrogens with zero attached hydrogens (tertiary/aromatic N) is 2. The van der Waals surface area contributed by atoms with Gasteiger partial charge in [-0.15, -0.1) is 0 Å². The van der Waals surface area contributed by atoms with Gasteiger partial charge in [-0.1, -0.05) is 60.7 Å². The molecule has 0 atom stereocenters. The molecule has 2 aromatic carbocycles. The summed E-state index contributed by atoms with van der Waals surface area (Å²) in [5.74, 6) is 0. The van der Waals surface area contributed by atoms with Gasteiger partial charge in [0.1, 0.15) is 23.5 Å². The molecule has 0 aliphatic heterocycles. The zero-order chi connectivity index (χ0) is 16.5. The van der Waals surface area contributed by atoms with Gasteiger partial charge < -0.3 is 24.0 Å². The van der Waals surface area contributed by atoms with Crippen LogP contribution in [0, 0.1) is 0 Å². The van der Waals surface area contributed by atoms with Crippen LogP contribution in [0.4, 0.5) is 0 Å². The van der Waals surface area contributed by atoms with Gasteiger partial charge in [-0.25, -0.2) is 9.13 Å². The highest BCUT2D eigenvalue weighted by atomic mass is 127. The lowest BCUT2D eigenvalue weighted by molar-refractivity contribution is -0.747. The second-order valence-electron chi connectivity index (χ2n) is 7.08. The summed E-state index contributed by atoms with van der Waals surface area (Å²) in [5, 5.41) is 0. The molecule has 0 spiro atoms. The Morgan fingerprint density at radius 3 is 1.79 bits per heavy atom. The molecule has 3 heteroatoms. The number of halogens is 1. The fraction of sp³-hybridized carbons (Fsp3) is 0.286. The molecule has 0 amide bonds. The first-order valence-electron chi connectivity index (χ1n) is 8.13. The zero-order valence-corrected chi connectivity index (χ0v) is 16.9. The van der Waals surface area contributed by atoms with Gasteiger partial charge in [-0.05, 0) is 38.8 Å². The van der Waals surface area contributed by atoms with Crippen molar-refractivity contribution in [2.45, 2.75) is 38.8 Å². The molecule has 1 aromatic heterocycles. The largest absolute Gasteiger partial charge is 1.00 e. The van der Waals surface area contributed by atoms with Gasteiger partial charge in [0.2, 0.25) is 6.33 Å². The Kier molecular flexibility index (Phi) is 5.53. The van der Waals surface area contributed by atoms with Gasteiger partial charge in [0.05, 0.1) is 0 Å². The highest BCUT2D eigenvalue weighted by molar-refractivity contribution is 5.24. The fourth-order valence-electron chi connectivity index (χ4n) is 3.01. The van der Waals surface area contributed by atoms with Crippen LogP contribution in [0.25, 0.3) is 0 Å². The molecule has 2 nitrogen and oxygen atoms in total. The number of rotatable bonds is 4. The molecule has 0 radical (unpaired) electrons. The molecule has 0 aliphatic carbocycles. The Balaban J connectivity index is 0.00000208. The predicted octanol–water partition coefficient (Wildman–Crippen LogP) is 1.35. The van der Waals surface area contributed by atoms with E-state index in [2.05, 4.69) is 116 Å². The van der Waals surface area contributed by atoms with Crippen LogP contribution in [-0.2, 0) is 11.1 Å². The fourth-order valence-corrected chi connectivity index (χ4v) is 3.01. The molecule has 0 bridgehead atoms. The zero-order valence-electron chi connectivity index (χ0n) is 14.8. The van der Waals surface area contributed by atoms with Crippen LogP contribution >= 0.6 is 0 Å². The Bertz CT molecular complexity index is 708. The Hall–Kier alpha value is -1.62. The molecule has 0 unspecified atom stereocenters. The minimum Gasteiger partial charge on any atom is -1.00 e. The maximum absolute atomic E-state index is 2.28. The van der Waals surface area contributed by atoms with Crippen LogP contribution in [0.5, 0.6) is 0 Å². The molecule has 0 fully saturated rings. The van der Waals surface area contributed by atoms with Crippen molar-refractivity contribution in [1.29, 1.82) is 0 Å². The van der Waals surface area contributed by atoms with Crippen LogP contribution in [0.1, 0.15) is 38.8 Å². The van der Waals surface area contributed by atoms with E-state index in [4.69, 9.17) is 0 Å². The van der Waals surface area contributed by atoms with Gasteiger partial charge in [-0.2, -0.15) is 0 Å². The monoisotopic (exact) mass is 432 g/mol. The smallest absolute Gasteiger partial charge is 0.245 e. The second kappa shape index (κ2) is 7.09. The minimum absolute atomic E-state index is 0. The summed E-state index contributed by atoms with van der Waals surface area (Å²) < 4.78 is 4.57. The van der Waals surface area contributed by atoms with Crippen LogP contribution in [0.15, 0.2) is 79.4 Å². The molecule has 0 saturated carbocycles. The third-order valence-electron chi connectivity index (χ3n) is 4.89. The summed E-state index contributed by atoms with van der Waals surface area (Å²) in [6, 6.07) is 21.3. The first-order valence-corrected chi connectivity index (χ1v) is 8.13. The molecule has 0 N–H and O–H groups in total. The SMILES string of the molecule is CC(C)(c1ccccc1)n1cc[n+](C(C)(C)c2ccccc2)c1.[I-]. The molecule has 126 valence electrons. The second-order valence-corrected chi connectivity index (χ2v) is 7.08. The van der Waals surface area contributed by atoms with Crippen LogP contribution < -0.4 is 28.5 Å². The molecule has 0 aliphatic rings. The first kappa shape index (κ1) is 18.7. The highest BCUT2D eigenvalue weighted by Crippen LogP contribution is 2.26. The van der Waals surface area contributed by atoms with Crippen molar-refractivity contribution in [3.8, 4) is 0 Å². The maximum atomic E-state index is 2.28. The van der Waals surface area contributed by atoms with Crippen molar-refractivity contribution in [2.75, 3.05) is 0 Å². The lowest BCUT2D eigenvalue weighted by atomic mass is 9.94. The number of hydrogen-bond donors (Lipinski definition) is 0. The van der Waals surface area contributed by atoms with E-state index in [1.165, 1.54) is 11.1 Å². The Labute approximate surface area is 162 Å². The van der Waals surface area contributed by atoms with Crippen LogP contribution in [0.2, 0.25) is 0 Å². The molecular weight excluding hydrogens is 407 g/mol. The maximum Gasteiger partial charge on any atom is 0.245 e. The topological polar surface area (TPSA) is 8.81 Å². The highest BCUT2D eigenvalue weighted by Gasteiger charge is 2.32. The van der Waals surface area contributed by atoms with E-state index in [9.17, 15) is 0 Å². The van der Waals surface area contributed by atoms with Crippen LogP contribution in [-0.4, -0.2) is 4.57 Å². The Morgan fingerprint density at radius 1 is 0.750 bits per heavy atom. The Morgan fingerprint density at radius 2 is 1.25 bits per heavy atom. The normalized spacial score (nSPS) is 11.8. The third kappa shape index (κ3) is 3.41. The molecule has 24 heavy (non-hydrogen) atoms. The number of hydrogen-bond acceptors (Lipinski definition) is 0. The summed E-state index contributed by atoms with van der Waals surface area (Å²) in [5.41, 5.74) is 2.44. The summed E-state index contributed by atoms with van der Waals surface area (Å²) in [6.45, 7) is 9.01. The van der Waals surface area contributed by atoms with E-state index < -0.39 is 0 Å². The minimum atomic E-state index is -0.0840. The summed E-state index contributed by atoms with van der Waals surface area (Å²) in [7, 11) is 0. The third-order valence-corrected chi connectivity index (χ3v) is 4.89. The van der Waals surface area contributed by atoms with E-state index in [1.807, 2.05) is 0 Å². The van der Waals surface area contributed by atoms with Crippen molar-refractivity contribution in [2.24, 2.45) is 0 Å². The number of imidazole rings is 1. The van der Waals surface area contributed by atoms with Crippen molar-refractivity contribution in [3.63, 3.8) is 0 Å². The lowest BCUT2D eigenvalue weighted by Gasteiger charge is -2.24. The van der Waals surface area contributed by atoms with E-state index in [0.29, 0.717) is 0 Å². The van der Waals surface area contributed by atoms with Crippen LogP contribution in [0.3, 0.4) is 0 Å². The standard InChI is InChI=1S/C21H25N2.HI/c1-20(2,18-11-7-5-8-12-18)22-15-16-23(17-22)21(3,4)19-13-9-6-10-14-19;/h5-17H,1-4H3;1H/q+1;/p-1. The summed E-state index contributed by atoms with van der Waals surface area (Å²) in [4.78, 5) is 0. The van der Waals surface area contributed by atoms with Crippen molar-refractivity contribution in [1.82, 2.24) is 4.57 Å². The molecule has 0 saturated heterocycles. The van der Waals surface area contributed by atoms with Gasteiger partial charge in [0.25, 0.3) is 0 Å². The van der Waals surface area contributed by atoms with Crippen molar-refractivity contribution < 1.29 is 28.5 Å². The predicted molar refractivity (Wildman–Crippen MR) is 94.4 cm³/mol. The van der Waals surface area contributed by atoms with Gasteiger partial charge in [-0.3, -0.25) is 0 Å².